The van der Waals surface area contributed by atoms with Gasteiger partial charge in [0.15, 0.2) is 0 Å². The first kappa shape index (κ1) is 13.7. The molecule has 0 aromatic rings. The van der Waals surface area contributed by atoms with Gasteiger partial charge in [0.2, 0.25) is 5.91 Å². The summed E-state index contributed by atoms with van der Waals surface area (Å²) >= 11 is 0. The lowest BCUT2D eigenvalue weighted by molar-refractivity contribution is -0.121. The molecule has 0 spiro atoms. The monoisotopic (exact) mass is 218 g/mol. The number of aliphatic hydroxyl groups excluding tert-OH is 1. The summed E-state index contributed by atoms with van der Waals surface area (Å²) in [6.07, 6.45) is -1.64. The highest BCUT2D eigenvalue weighted by atomic mass is 16.4. The average Bonchev–Trinajstić information content (AvgIpc) is 2.13. The Morgan fingerprint density at radius 2 is 1.87 bits per heavy atom. The van der Waals surface area contributed by atoms with Crippen molar-refractivity contribution in [3.05, 3.63) is 0 Å². The lowest BCUT2D eigenvalue weighted by Gasteiger charge is -2.14. The molecule has 0 saturated carbocycles. The summed E-state index contributed by atoms with van der Waals surface area (Å²) in [5.41, 5.74) is 0. The highest BCUT2D eigenvalue weighted by Gasteiger charge is 2.10. The van der Waals surface area contributed by atoms with E-state index in [1.54, 1.807) is 0 Å². The van der Waals surface area contributed by atoms with Gasteiger partial charge in [-0.25, -0.2) is 4.79 Å². The van der Waals surface area contributed by atoms with E-state index >= 15 is 0 Å². The number of hydrogen-bond acceptors (Lipinski definition) is 3. The Morgan fingerprint density at radius 1 is 1.27 bits per heavy atom. The molecule has 2 amide bonds. The van der Waals surface area contributed by atoms with Gasteiger partial charge in [-0.15, -0.1) is 0 Å². The molecule has 0 bridgehead atoms. The van der Waals surface area contributed by atoms with Crippen molar-refractivity contribution in [3.63, 3.8) is 0 Å². The standard InChI is InChI=1S/C9H18N2O4/c1-6(2)7(12)5-11-8(13)3-4-10-9(14)15/h6-7,10,12H,3-5H2,1-2H3,(H,11,13)(H,14,15). The maximum Gasteiger partial charge on any atom is 0.404 e. The average molecular weight is 218 g/mol. The van der Waals surface area contributed by atoms with Crippen molar-refractivity contribution in [2.24, 2.45) is 5.92 Å². The lowest BCUT2D eigenvalue weighted by Crippen LogP contribution is -2.36. The molecule has 0 aliphatic carbocycles. The van der Waals surface area contributed by atoms with E-state index in [1.807, 2.05) is 13.8 Å². The zero-order valence-electron chi connectivity index (χ0n) is 8.99. The molecule has 4 N–H and O–H groups in total. The largest absolute Gasteiger partial charge is 0.465 e. The molecule has 0 saturated heterocycles. The van der Waals surface area contributed by atoms with E-state index in [0.717, 1.165) is 0 Å². The molecule has 15 heavy (non-hydrogen) atoms. The van der Waals surface area contributed by atoms with Crippen LogP contribution < -0.4 is 10.6 Å². The summed E-state index contributed by atoms with van der Waals surface area (Å²) < 4.78 is 0. The van der Waals surface area contributed by atoms with E-state index in [2.05, 4.69) is 10.6 Å². The predicted octanol–water partition coefficient (Wildman–Crippen LogP) is -0.223. The molecule has 0 radical (unpaired) electrons. The smallest absolute Gasteiger partial charge is 0.404 e. The Balaban J connectivity index is 3.53. The Hall–Kier alpha value is -1.30. The number of aliphatic hydroxyl groups is 1. The van der Waals surface area contributed by atoms with Gasteiger partial charge in [-0.1, -0.05) is 13.8 Å². The first-order valence-corrected chi connectivity index (χ1v) is 4.85. The SMILES string of the molecule is CC(C)C(O)CNC(=O)CCNC(=O)O. The molecular formula is C9H18N2O4. The summed E-state index contributed by atoms with van der Waals surface area (Å²) in [5, 5.41) is 22.2. The third kappa shape index (κ3) is 7.75. The van der Waals surface area contributed by atoms with Crippen molar-refractivity contribution in [2.75, 3.05) is 13.1 Å². The third-order valence-corrected chi connectivity index (χ3v) is 1.91. The minimum atomic E-state index is -1.15. The van der Waals surface area contributed by atoms with Crippen LogP contribution in [-0.4, -0.2) is 41.4 Å². The van der Waals surface area contributed by atoms with Crippen LogP contribution in [-0.2, 0) is 4.79 Å². The van der Waals surface area contributed by atoms with Crippen molar-refractivity contribution in [1.82, 2.24) is 10.6 Å². The second-order valence-electron chi connectivity index (χ2n) is 3.60. The second kappa shape index (κ2) is 7.05. The summed E-state index contributed by atoms with van der Waals surface area (Å²) in [5.74, 6) is -0.189. The fourth-order valence-corrected chi connectivity index (χ4v) is 0.825. The number of carboxylic acid groups (broad SMARTS) is 1. The van der Waals surface area contributed by atoms with E-state index in [1.165, 1.54) is 0 Å². The zero-order chi connectivity index (χ0) is 11.8. The molecule has 0 aliphatic heterocycles. The first-order valence-electron chi connectivity index (χ1n) is 4.85. The number of hydrogen-bond donors (Lipinski definition) is 4. The van der Waals surface area contributed by atoms with Crippen molar-refractivity contribution in [3.8, 4) is 0 Å². The van der Waals surface area contributed by atoms with E-state index in [4.69, 9.17) is 5.11 Å². The summed E-state index contributed by atoms with van der Waals surface area (Å²) in [6, 6.07) is 0. The third-order valence-electron chi connectivity index (χ3n) is 1.91. The van der Waals surface area contributed by atoms with Crippen LogP contribution in [0.3, 0.4) is 0 Å². The topological polar surface area (TPSA) is 98.7 Å². The molecule has 0 aromatic heterocycles. The van der Waals surface area contributed by atoms with Crippen molar-refractivity contribution >= 4 is 12.0 Å². The first-order chi connectivity index (χ1) is 6.93. The summed E-state index contributed by atoms with van der Waals surface area (Å²) in [4.78, 5) is 21.1. The molecule has 88 valence electrons. The van der Waals surface area contributed by atoms with Gasteiger partial charge >= 0.3 is 6.09 Å². The predicted molar refractivity (Wildman–Crippen MR) is 54.5 cm³/mol. The van der Waals surface area contributed by atoms with E-state index < -0.39 is 12.2 Å². The molecule has 6 nitrogen and oxygen atoms in total. The highest BCUT2D eigenvalue weighted by molar-refractivity contribution is 5.76. The number of carbonyl (C=O) groups excluding carboxylic acids is 1. The number of rotatable bonds is 6. The van der Waals surface area contributed by atoms with Gasteiger partial charge in [0.05, 0.1) is 6.10 Å². The normalized spacial score (nSPS) is 12.3. The maximum absolute atomic E-state index is 11.1. The van der Waals surface area contributed by atoms with Crippen LogP contribution in [0.1, 0.15) is 20.3 Å². The molecule has 0 heterocycles. The molecular weight excluding hydrogens is 200 g/mol. The maximum atomic E-state index is 11.1. The van der Waals surface area contributed by atoms with Crippen LogP contribution >= 0.6 is 0 Å². The second-order valence-corrected chi connectivity index (χ2v) is 3.60. The van der Waals surface area contributed by atoms with Crippen LogP contribution in [0.2, 0.25) is 0 Å². The van der Waals surface area contributed by atoms with Crippen LogP contribution in [0.4, 0.5) is 4.79 Å². The quantitative estimate of drug-likeness (QED) is 0.495. The van der Waals surface area contributed by atoms with Crippen molar-refractivity contribution in [1.29, 1.82) is 0 Å². The van der Waals surface area contributed by atoms with E-state index in [0.29, 0.717) is 0 Å². The molecule has 1 atom stereocenters. The lowest BCUT2D eigenvalue weighted by atomic mass is 10.1. The van der Waals surface area contributed by atoms with Crippen LogP contribution in [0.25, 0.3) is 0 Å². The fourth-order valence-electron chi connectivity index (χ4n) is 0.825. The van der Waals surface area contributed by atoms with Gasteiger partial charge in [0.25, 0.3) is 0 Å². The van der Waals surface area contributed by atoms with E-state index in [-0.39, 0.29) is 31.3 Å². The highest BCUT2D eigenvalue weighted by Crippen LogP contribution is 1.98. The molecule has 0 aromatic carbocycles. The number of amides is 2. The van der Waals surface area contributed by atoms with Crippen molar-refractivity contribution in [2.45, 2.75) is 26.4 Å². The molecule has 6 heteroatoms. The van der Waals surface area contributed by atoms with Crippen LogP contribution in [0, 0.1) is 5.92 Å². The Kier molecular flexibility index (Phi) is 6.44. The Bertz CT molecular complexity index is 218. The number of nitrogens with one attached hydrogen (secondary N) is 2. The van der Waals surface area contributed by atoms with Gasteiger partial charge in [-0.2, -0.15) is 0 Å². The summed E-state index contributed by atoms with van der Waals surface area (Å²) in [7, 11) is 0. The van der Waals surface area contributed by atoms with Crippen molar-refractivity contribution < 1.29 is 19.8 Å². The van der Waals surface area contributed by atoms with Gasteiger partial charge in [-0.3, -0.25) is 4.79 Å². The minimum absolute atomic E-state index is 0.0805. The van der Waals surface area contributed by atoms with Gasteiger partial charge in [-0.05, 0) is 5.92 Å². The van der Waals surface area contributed by atoms with Crippen LogP contribution in [0.5, 0.6) is 0 Å². The fraction of sp³-hybridized carbons (Fsp3) is 0.778. The number of carbonyl (C=O) groups is 2. The minimum Gasteiger partial charge on any atom is -0.465 e. The molecule has 1 unspecified atom stereocenters. The molecule has 0 fully saturated rings. The zero-order valence-corrected chi connectivity index (χ0v) is 8.99. The van der Waals surface area contributed by atoms with Gasteiger partial charge in [0.1, 0.15) is 0 Å². The van der Waals surface area contributed by atoms with E-state index in [9.17, 15) is 14.7 Å². The van der Waals surface area contributed by atoms with Gasteiger partial charge < -0.3 is 20.8 Å². The summed E-state index contributed by atoms with van der Waals surface area (Å²) in [6.45, 7) is 3.98. The van der Waals surface area contributed by atoms with Gasteiger partial charge in [0, 0.05) is 19.5 Å². The Morgan fingerprint density at radius 3 is 2.33 bits per heavy atom. The van der Waals surface area contributed by atoms with Crippen LogP contribution in [0.15, 0.2) is 0 Å². The molecule has 0 aliphatic rings. The molecule has 0 rings (SSSR count). The Labute approximate surface area is 88.7 Å².